The summed E-state index contributed by atoms with van der Waals surface area (Å²) in [5.41, 5.74) is -0.848. The van der Waals surface area contributed by atoms with Gasteiger partial charge in [0.25, 0.3) is 5.69 Å². The molecule has 0 bridgehead atoms. The molecule has 0 radical (unpaired) electrons. The third-order valence-corrected chi connectivity index (χ3v) is 4.94. The van der Waals surface area contributed by atoms with E-state index in [4.69, 9.17) is 16.3 Å². The van der Waals surface area contributed by atoms with Crippen LogP contribution in [0, 0.1) is 15.5 Å². The van der Waals surface area contributed by atoms with Crippen LogP contribution in [-0.4, -0.2) is 23.3 Å². The second-order valence-electron chi connectivity index (χ2n) is 6.74. The number of hydrogen-bond acceptors (Lipinski definition) is 6. The third kappa shape index (κ3) is 5.80. The van der Waals surface area contributed by atoms with Gasteiger partial charge in [-0.15, -0.1) is 0 Å². The van der Waals surface area contributed by atoms with E-state index in [2.05, 4.69) is 0 Å². The van der Waals surface area contributed by atoms with Crippen molar-refractivity contribution in [2.75, 3.05) is 6.61 Å². The summed E-state index contributed by atoms with van der Waals surface area (Å²) in [5, 5.41) is 11.6. The molecule has 27 heavy (non-hydrogen) atoms. The largest absolute Gasteiger partial charge is 0.454 e. The maximum atomic E-state index is 12.5. The van der Waals surface area contributed by atoms with E-state index >= 15 is 0 Å². The van der Waals surface area contributed by atoms with Crippen LogP contribution < -0.4 is 0 Å². The zero-order chi connectivity index (χ0) is 20.2. The minimum atomic E-state index is -0.784. The fraction of sp³-hybridized carbons (Fsp3) is 0.263. The topological polar surface area (TPSA) is 86.5 Å². The number of carbonyl (C=O) groups excluding carboxylic acids is 2. The Balaban J connectivity index is 2.29. The molecule has 0 amide bonds. The van der Waals surface area contributed by atoms with Crippen LogP contribution >= 0.6 is 23.4 Å². The Morgan fingerprint density at radius 2 is 1.78 bits per heavy atom. The number of hydrogen-bond donors (Lipinski definition) is 0. The number of nitro benzene ring substituents is 1. The van der Waals surface area contributed by atoms with Gasteiger partial charge >= 0.3 is 5.97 Å². The Kier molecular flexibility index (Phi) is 6.62. The molecule has 142 valence electrons. The molecule has 0 aliphatic carbocycles. The SMILES string of the molecule is CC(C)(C)C(=O)COC(=O)c1cc([N+](=O)[O-])ccc1Sc1ccc(Cl)cc1. The van der Waals surface area contributed by atoms with E-state index < -0.39 is 22.9 Å². The molecule has 0 aromatic heterocycles. The number of non-ortho nitro benzene ring substituents is 1. The van der Waals surface area contributed by atoms with Crippen molar-refractivity contribution in [3.05, 3.63) is 63.2 Å². The summed E-state index contributed by atoms with van der Waals surface area (Å²) in [6, 6.07) is 10.9. The molecular weight excluding hydrogens is 390 g/mol. The Hall–Kier alpha value is -2.38. The van der Waals surface area contributed by atoms with Gasteiger partial charge in [-0.1, -0.05) is 44.1 Å². The van der Waals surface area contributed by atoms with Crippen LogP contribution in [0.1, 0.15) is 31.1 Å². The lowest BCUT2D eigenvalue weighted by molar-refractivity contribution is -0.384. The molecule has 2 aromatic rings. The van der Waals surface area contributed by atoms with Gasteiger partial charge < -0.3 is 4.74 Å². The molecule has 0 saturated heterocycles. The first-order valence-electron chi connectivity index (χ1n) is 8.00. The van der Waals surface area contributed by atoms with Gasteiger partial charge in [-0.05, 0) is 30.3 Å². The Bertz CT molecular complexity index is 875. The van der Waals surface area contributed by atoms with Crippen LogP contribution in [0.3, 0.4) is 0 Å². The van der Waals surface area contributed by atoms with Crippen molar-refractivity contribution in [3.8, 4) is 0 Å². The van der Waals surface area contributed by atoms with E-state index in [1.807, 2.05) is 0 Å². The molecule has 2 aromatic carbocycles. The highest BCUT2D eigenvalue weighted by atomic mass is 35.5. The maximum Gasteiger partial charge on any atom is 0.339 e. The number of nitro groups is 1. The van der Waals surface area contributed by atoms with E-state index in [1.54, 1.807) is 45.0 Å². The molecule has 8 heteroatoms. The Morgan fingerprint density at radius 1 is 1.15 bits per heavy atom. The number of halogens is 1. The number of Topliss-reactive ketones (excluding diaryl/α,β-unsaturated/α-hetero) is 1. The van der Waals surface area contributed by atoms with Crippen molar-refractivity contribution in [2.45, 2.75) is 30.6 Å². The van der Waals surface area contributed by atoms with Crippen LogP contribution in [-0.2, 0) is 9.53 Å². The smallest absolute Gasteiger partial charge is 0.339 e. The standard InChI is InChI=1S/C19H18ClNO5S/c1-19(2,3)17(22)11-26-18(23)15-10-13(21(24)25)6-9-16(15)27-14-7-4-12(20)5-8-14/h4-10H,11H2,1-3H3. The van der Waals surface area contributed by atoms with Crippen molar-refractivity contribution in [3.63, 3.8) is 0 Å². The molecular formula is C19H18ClNO5S. The molecule has 0 aliphatic heterocycles. The molecule has 0 N–H and O–H groups in total. The van der Waals surface area contributed by atoms with Crippen LogP contribution in [0.2, 0.25) is 5.02 Å². The highest BCUT2D eigenvalue weighted by Gasteiger charge is 2.24. The molecule has 0 heterocycles. The second-order valence-corrected chi connectivity index (χ2v) is 8.29. The average Bonchev–Trinajstić information content (AvgIpc) is 2.60. The summed E-state index contributed by atoms with van der Waals surface area (Å²) in [7, 11) is 0. The summed E-state index contributed by atoms with van der Waals surface area (Å²) in [6.07, 6.45) is 0. The van der Waals surface area contributed by atoms with E-state index in [9.17, 15) is 19.7 Å². The van der Waals surface area contributed by atoms with Gasteiger partial charge in [0.1, 0.15) is 0 Å². The first-order chi connectivity index (χ1) is 12.6. The van der Waals surface area contributed by atoms with Crippen molar-refractivity contribution < 1.29 is 19.2 Å². The average molecular weight is 408 g/mol. The normalized spacial score (nSPS) is 11.1. The molecule has 6 nitrogen and oxygen atoms in total. The highest BCUT2D eigenvalue weighted by molar-refractivity contribution is 7.99. The maximum absolute atomic E-state index is 12.5. The molecule has 0 spiro atoms. The van der Waals surface area contributed by atoms with Crippen LogP contribution in [0.4, 0.5) is 5.69 Å². The van der Waals surface area contributed by atoms with E-state index in [0.29, 0.717) is 9.92 Å². The van der Waals surface area contributed by atoms with Gasteiger partial charge in [0.05, 0.1) is 10.5 Å². The van der Waals surface area contributed by atoms with Crippen LogP contribution in [0.15, 0.2) is 52.3 Å². The summed E-state index contributed by atoms with van der Waals surface area (Å²) in [5.74, 6) is -1.03. The number of esters is 1. The summed E-state index contributed by atoms with van der Waals surface area (Å²) >= 11 is 7.11. The van der Waals surface area contributed by atoms with Crippen molar-refractivity contribution >= 4 is 40.8 Å². The van der Waals surface area contributed by atoms with Gasteiger partial charge in [0, 0.05) is 32.4 Å². The van der Waals surface area contributed by atoms with Gasteiger partial charge in [-0.2, -0.15) is 0 Å². The zero-order valence-corrected chi connectivity index (χ0v) is 16.6. The molecule has 0 saturated carbocycles. The third-order valence-electron chi connectivity index (χ3n) is 3.61. The number of nitrogens with zero attached hydrogens (tertiary/aromatic N) is 1. The summed E-state index contributed by atoms with van der Waals surface area (Å²) in [4.78, 5) is 36.2. The molecule has 0 atom stereocenters. The Morgan fingerprint density at radius 3 is 2.33 bits per heavy atom. The molecule has 0 fully saturated rings. The number of carbonyl (C=O) groups is 2. The van der Waals surface area contributed by atoms with Gasteiger partial charge in [-0.3, -0.25) is 14.9 Å². The second kappa shape index (κ2) is 8.54. The van der Waals surface area contributed by atoms with Crippen LogP contribution in [0.5, 0.6) is 0 Å². The monoisotopic (exact) mass is 407 g/mol. The molecule has 2 rings (SSSR count). The molecule has 0 aliphatic rings. The quantitative estimate of drug-likeness (QED) is 0.373. The van der Waals surface area contributed by atoms with Gasteiger partial charge in [-0.25, -0.2) is 4.79 Å². The van der Waals surface area contributed by atoms with Gasteiger partial charge in [0.15, 0.2) is 12.4 Å². The number of ether oxygens (including phenoxy) is 1. The minimum absolute atomic E-state index is 0.0332. The predicted molar refractivity (Wildman–Crippen MR) is 103 cm³/mol. The lowest BCUT2D eigenvalue weighted by atomic mass is 9.91. The fourth-order valence-electron chi connectivity index (χ4n) is 1.94. The summed E-state index contributed by atoms with van der Waals surface area (Å²) < 4.78 is 5.10. The number of ketones is 1. The zero-order valence-electron chi connectivity index (χ0n) is 15.0. The minimum Gasteiger partial charge on any atom is -0.454 e. The number of benzene rings is 2. The molecule has 0 unspecified atom stereocenters. The van der Waals surface area contributed by atoms with Crippen LogP contribution in [0.25, 0.3) is 0 Å². The lowest BCUT2D eigenvalue weighted by Gasteiger charge is -2.16. The van der Waals surface area contributed by atoms with Crippen molar-refractivity contribution in [1.82, 2.24) is 0 Å². The Labute approximate surface area is 166 Å². The van der Waals surface area contributed by atoms with E-state index in [0.717, 1.165) is 11.0 Å². The van der Waals surface area contributed by atoms with E-state index in [-0.39, 0.29) is 17.0 Å². The first-order valence-corrected chi connectivity index (χ1v) is 9.19. The number of rotatable bonds is 6. The predicted octanol–water partition coefficient (Wildman–Crippen LogP) is 5.17. The summed E-state index contributed by atoms with van der Waals surface area (Å²) in [6.45, 7) is 4.77. The van der Waals surface area contributed by atoms with E-state index in [1.165, 1.54) is 23.9 Å². The van der Waals surface area contributed by atoms with Gasteiger partial charge in [0.2, 0.25) is 0 Å². The first kappa shape index (κ1) is 20.9. The van der Waals surface area contributed by atoms with Crippen molar-refractivity contribution in [1.29, 1.82) is 0 Å². The fourth-order valence-corrected chi connectivity index (χ4v) is 2.98. The lowest BCUT2D eigenvalue weighted by Crippen LogP contribution is -2.26. The highest BCUT2D eigenvalue weighted by Crippen LogP contribution is 2.33. The van der Waals surface area contributed by atoms with Crippen molar-refractivity contribution in [2.24, 2.45) is 5.41 Å².